The Bertz CT molecular complexity index is 810. The highest BCUT2D eigenvalue weighted by Gasteiger charge is 2.45. The summed E-state index contributed by atoms with van der Waals surface area (Å²) in [6.45, 7) is 0. The van der Waals surface area contributed by atoms with Crippen LogP contribution in [0, 0.1) is 5.82 Å². The number of amides is 1. The number of hydrogen-bond donors (Lipinski definition) is 2. The first kappa shape index (κ1) is 13.8. The fourth-order valence-electron chi connectivity index (χ4n) is 3.06. The molecule has 0 saturated carbocycles. The molecule has 3 aliphatic rings. The topological polar surface area (TPSA) is 55.5 Å². The zero-order valence-electron chi connectivity index (χ0n) is 12.4. The van der Waals surface area contributed by atoms with Gasteiger partial charge in [-0.1, -0.05) is 18.2 Å². The predicted molar refractivity (Wildman–Crippen MR) is 81.8 cm³/mol. The summed E-state index contributed by atoms with van der Waals surface area (Å²) in [5, 5.41) is 3.09. The average molecular weight is 312 g/mol. The fraction of sp³-hybridized carbons (Fsp3) is 0.176. The molecule has 0 radical (unpaired) electrons. The number of allylic oxidation sites excluding steroid dienone is 2. The van der Waals surface area contributed by atoms with E-state index in [1.165, 1.54) is 19.2 Å². The number of hydrogen-bond acceptors (Lipinski definition) is 3. The molecule has 1 aromatic carbocycles. The third kappa shape index (κ3) is 2.06. The van der Waals surface area contributed by atoms with Crippen molar-refractivity contribution < 1.29 is 18.9 Å². The van der Waals surface area contributed by atoms with Crippen LogP contribution in [0.15, 0.2) is 54.5 Å². The van der Waals surface area contributed by atoms with Gasteiger partial charge in [0.25, 0.3) is 5.91 Å². The second-order valence-corrected chi connectivity index (χ2v) is 5.49. The second kappa shape index (κ2) is 5.08. The second-order valence-electron chi connectivity index (χ2n) is 5.49. The smallest absolute Gasteiger partial charge is 0.256 e. The molecular weight excluding hydrogens is 297 g/mol. The fourth-order valence-corrected chi connectivity index (χ4v) is 3.06. The van der Waals surface area contributed by atoms with Gasteiger partial charge in [0.15, 0.2) is 5.82 Å². The van der Waals surface area contributed by atoms with E-state index >= 15 is 0 Å². The van der Waals surface area contributed by atoms with Gasteiger partial charge in [-0.15, -0.1) is 0 Å². The molecule has 6 heteroatoms. The number of methoxy groups -OCH3 is 1. The van der Waals surface area contributed by atoms with Crippen molar-refractivity contribution in [3.05, 3.63) is 65.9 Å². The van der Waals surface area contributed by atoms with Gasteiger partial charge in [-0.3, -0.25) is 9.69 Å². The van der Waals surface area contributed by atoms with E-state index in [0.29, 0.717) is 11.6 Å². The highest BCUT2D eigenvalue weighted by Crippen LogP contribution is 2.32. The Morgan fingerprint density at radius 2 is 2.22 bits per heavy atom. The van der Waals surface area contributed by atoms with Crippen LogP contribution < -0.4 is 15.0 Å². The first-order valence-electron chi connectivity index (χ1n) is 7.30. The van der Waals surface area contributed by atoms with Crippen LogP contribution in [0.1, 0.15) is 11.6 Å². The molecule has 4 rings (SSSR count). The molecule has 1 aromatic rings. The Labute approximate surface area is 132 Å². The molecule has 2 unspecified atom stereocenters. The Hall–Kier alpha value is -2.89. The maximum atomic E-state index is 14.2. The molecule has 0 aromatic heterocycles. The lowest BCUT2D eigenvalue weighted by molar-refractivity contribution is -0.380. The lowest BCUT2D eigenvalue weighted by Gasteiger charge is -2.25. The minimum Gasteiger partial charge on any atom is -0.497 e. The molecule has 0 spiro atoms. The molecule has 116 valence electrons. The minimum atomic E-state index is -0.767. The van der Waals surface area contributed by atoms with Crippen molar-refractivity contribution in [3.8, 4) is 5.75 Å². The highest BCUT2D eigenvalue weighted by molar-refractivity contribution is 6.02. The molecule has 2 aliphatic heterocycles. The maximum Gasteiger partial charge on any atom is 0.256 e. The zero-order valence-corrected chi connectivity index (χ0v) is 12.4. The van der Waals surface area contributed by atoms with E-state index in [0.717, 1.165) is 5.71 Å². The quantitative estimate of drug-likeness (QED) is 0.816. The maximum absolute atomic E-state index is 14.2. The van der Waals surface area contributed by atoms with Gasteiger partial charge < -0.3 is 10.1 Å². The first-order valence-corrected chi connectivity index (χ1v) is 7.30. The van der Waals surface area contributed by atoms with Gasteiger partial charge in [-0.05, 0) is 18.2 Å². The van der Waals surface area contributed by atoms with Crippen molar-refractivity contribution in [2.75, 3.05) is 7.11 Å². The normalized spacial score (nSPS) is 24.6. The summed E-state index contributed by atoms with van der Waals surface area (Å²) < 4.78 is 19.3. The van der Waals surface area contributed by atoms with Gasteiger partial charge in [0.05, 0.1) is 7.11 Å². The van der Waals surface area contributed by atoms with Crippen LogP contribution >= 0.6 is 0 Å². The van der Waals surface area contributed by atoms with Crippen molar-refractivity contribution in [3.63, 3.8) is 0 Å². The molecule has 1 aliphatic carbocycles. The Balaban J connectivity index is 1.72. The molecule has 2 N–H and O–H groups in total. The number of ether oxygens (including phenoxy) is 1. The number of nitrogens with zero attached hydrogens (tertiary/aromatic N) is 1. The summed E-state index contributed by atoms with van der Waals surface area (Å²) in [5.74, 6) is 0.525. The van der Waals surface area contributed by atoms with Crippen molar-refractivity contribution in [2.45, 2.75) is 12.1 Å². The summed E-state index contributed by atoms with van der Waals surface area (Å²) >= 11 is 0. The number of nitrogens with one attached hydrogen (secondary N) is 2. The standard InChI is InChI=1S/C17H14FN3O2/c1-23-10-6-7-12(18)11(8-10)16-17(22)21-14-5-3-2-4-13(14)19-9-15(21)20-16/h2-9,14,16,20H,1H3/p+1. The number of rotatable bonds is 2. The van der Waals surface area contributed by atoms with Gasteiger partial charge >= 0.3 is 0 Å². The van der Waals surface area contributed by atoms with E-state index in [-0.39, 0.29) is 17.5 Å². The molecule has 23 heavy (non-hydrogen) atoms. The van der Waals surface area contributed by atoms with Gasteiger partial charge in [-0.2, -0.15) is 0 Å². The molecule has 2 heterocycles. The Morgan fingerprint density at radius 3 is 3.04 bits per heavy atom. The van der Waals surface area contributed by atoms with Crippen molar-refractivity contribution in [1.82, 2.24) is 10.2 Å². The number of benzene rings is 1. The van der Waals surface area contributed by atoms with Gasteiger partial charge in [0, 0.05) is 11.6 Å². The van der Waals surface area contributed by atoms with E-state index in [4.69, 9.17) is 4.74 Å². The number of carbonyl (C=O) groups is 1. The summed E-state index contributed by atoms with van der Waals surface area (Å²) in [4.78, 5) is 17.7. The zero-order chi connectivity index (χ0) is 16.0. The van der Waals surface area contributed by atoms with E-state index in [1.807, 2.05) is 24.3 Å². The predicted octanol–water partition coefficient (Wildman–Crippen LogP) is 0.136. The molecule has 5 nitrogen and oxygen atoms in total. The average Bonchev–Trinajstić information content (AvgIpc) is 2.92. The van der Waals surface area contributed by atoms with Crippen molar-refractivity contribution in [1.29, 1.82) is 0 Å². The lowest BCUT2D eigenvalue weighted by Crippen LogP contribution is -2.74. The summed E-state index contributed by atoms with van der Waals surface area (Å²) in [5.41, 5.74) is 1.19. The van der Waals surface area contributed by atoms with Crippen LogP contribution in [0.25, 0.3) is 0 Å². The van der Waals surface area contributed by atoms with Crippen LogP contribution in [0.2, 0.25) is 0 Å². The van der Waals surface area contributed by atoms with E-state index in [9.17, 15) is 9.18 Å². The third-order valence-corrected chi connectivity index (χ3v) is 4.20. The number of fused-ring (bicyclic) bond motifs is 3. The molecule has 1 fully saturated rings. The molecule has 1 saturated heterocycles. The van der Waals surface area contributed by atoms with E-state index < -0.39 is 11.9 Å². The summed E-state index contributed by atoms with van der Waals surface area (Å²) in [7, 11) is 1.51. The van der Waals surface area contributed by atoms with Gasteiger partial charge in [0.2, 0.25) is 11.9 Å². The van der Waals surface area contributed by atoms with Crippen molar-refractivity contribution in [2.24, 2.45) is 0 Å². The summed E-state index contributed by atoms with van der Waals surface area (Å²) in [6, 6.07) is 3.44. The Kier molecular flexibility index (Phi) is 3.04. The lowest BCUT2D eigenvalue weighted by atomic mass is 10.0. The largest absolute Gasteiger partial charge is 0.497 e. The SMILES string of the molecule is COc1ccc(F)c(C2NC3=C[NH+]=C4C=CC=CC4N3C2=O)c1. The van der Waals surface area contributed by atoms with Crippen LogP contribution in [0.4, 0.5) is 4.39 Å². The van der Waals surface area contributed by atoms with Gasteiger partial charge in [0.1, 0.15) is 23.7 Å². The van der Waals surface area contributed by atoms with Crippen molar-refractivity contribution >= 4 is 11.6 Å². The van der Waals surface area contributed by atoms with Crippen LogP contribution in [0.3, 0.4) is 0 Å². The van der Waals surface area contributed by atoms with Crippen LogP contribution in [-0.4, -0.2) is 29.7 Å². The number of carbonyl (C=O) groups excluding carboxylic acids is 1. The third-order valence-electron chi connectivity index (χ3n) is 4.20. The first-order chi connectivity index (χ1) is 11.2. The van der Waals surface area contributed by atoms with Crippen LogP contribution in [0.5, 0.6) is 5.75 Å². The molecule has 0 bridgehead atoms. The molecular formula is C17H15FN3O2+. The Morgan fingerprint density at radius 1 is 1.35 bits per heavy atom. The number of halogens is 1. The van der Waals surface area contributed by atoms with Gasteiger partial charge in [-0.25, -0.2) is 9.38 Å². The molecule has 2 atom stereocenters. The van der Waals surface area contributed by atoms with Crippen LogP contribution in [-0.2, 0) is 4.79 Å². The summed E-state index contributed by atoms with van der Waals surface area (Å²) in [6.07, 6.45) is 9.38. The monoisotopic (exact) mass is 312 g/mol. The minimum absolute atomic E-state index is 0.188. The highest BCUT2D eigenvalue weighted by atomic mass is 19.1. The van der Waals surface area contributed by atoms with E-state index in [2.05, 4.69) is 10.3 Å². The molecule has 1 amide bonds. The van der Waals surface area contributed by atoms with E-state index in [1.54, 1.807) is 17.2 Å².